The Hall–Kier alpha value is -0.830. The number of carbonyl (C=O) groups is 1. The first-order valence-corrected chi connectivity index (χ1v) is 3.47. The molecule has 2 rings (SSSR count). The molecular weight excluding hydrogens is 130 g/mol. The average molecular weight is 139 g/mol. The molecule has 3 nitrogen and oxygen atoms in total. The van der Waals surface area contributed by atoms with Gasteiger partial charge in [0.15, 0.2) is 5.78 Å². The molecule has 0 amide bonds. The van der Waals surface area contributed by atoms with Crippen molar-refractivity contribution in [1.29, 1.82) is 0 Å². The van der Waals surface area contributed by atoms with Crippen LogP contribution in [-0.2, 0) is 9.53 Å². The van der Waals surface area contributed by atoms with E-state index < -0.39 is 0 Å². The van der Waals surface area contributed by atoms with Crippen LogP contribution < -0.4 is 5.32 Å². The Morgan fingerprint density at radius 2 is 2.60 bits per heavy atom. The van der Waals surface area contributed by atoms with E-state index in [1.807, 2.05) is 6.08 Å². The van der Waals surface area contributed by atoms with Crippen molar-refractivity contribution < 1.29 is 9.53 Å². The number of Topliss-reactive ketones (excluding diaryl/α,β-unsaturated/α-hetero) is 1. The highest BCUT2D eigenvalue weighted by Crippen LogP contribution is 2.17. The van der Waals surface area contributed by atoms with Gasteiger partial charge in [0.2, 0.25) is 0 Å². The third-order valence-corrected chi connectivity index (χ3v) is 1.83. The molecule has 0 saturated carbocycles. The lowest BCUT2D eigenvalue weighted by Crippen LogP contribution is -2.37. The monoisotopic (exact) mass is 139 g/mol. The second-order valence-electron chi connectivity index (χ2n) is 2.54. The Morgan fingerprint density at radius 1 is 1.70 bits per heavy atom. The molecule has 2 heterocycles. The van der Waals surface area contributed by atoms with Crippen LogP contribution in [0.5, 0.6) is 0 Å². The summed E-state index contributed by atoms with van der Waals surface area (Å²) in [5.74, 6) is 0.988. The minimum absolute atomic E-state index is 0.117. The average Bonchev–Trinajstić information content (AvgIpc) is 2.34. The quantitative estimate of drug-likeness (QED) is 0.506. The molecule has 3 heteroatoms. The Bertz CT molecular complexity index is 198. The van der Waals surface area contributed by atoms with Crippen LogP contribution in [-0.4, -0.2) is 25.0 Å². The number of fused-ring (bicyclic) bond motifs is 1. The zero-order chi connectivity index (χ0) is 6.97. The fourth-order valence-corrected chi connectivity index (χ4v) is 1.31. The second kappa shape index (κ2) is 2.09. The van der Waals surface area contributed by atoms with Crippen LogP contribution in [0.4, 0.5) is 0 Å². The molecule has 0 aromatic rings. The van der Waals surface area contributed by atoms with Crippen molar-refractivity contribution in [3.8, 4) is 0 Å². The van der Waals surface area contributed by atoms with Gasteiger partial charge in [0.25, 0.3) is 0 Å². The van der Waals surface area contributed by atoms with Crippen molar-refractivity contribution in [2.75, 3.05) is 13.2 Å². The summed E-state index contributed by atoms with van der Waals surface area (Å²) in [6.45, 7) is 1.15. The summed E-state index contributed by atoms with van der Waals surface area (Å²) in [6.07, 6.45) is 2.96. The van der Waals surface area contributed by atoms with E-state index in [0.29, 0.717) is 0 Å². The van der Waals surface area contributed by atoms with Gasteiger partial charge in [-0.2, -0.15) is 0 Å². The summed E-state index contributed by atoms with van der Waals surface area (Å²) in [7, 11) is 0. The molecule has 0 aliphatic carbocycles. The molecular formula is C7H9NO2. The minimum Gasteiger partial charge on any atom is -0.488 e. The smallest absolute Gasteiger partial charge is 0.194 e. The van der Waals surface area contributed by atoms with Gasteiger partial charge < -0.3 is 10.1 Å². The predicted molar refractivity (Wildman–Crippen MR) is 35.4 cm³/mol. The predicted octanol–water partition coefficient (Wildman–Crippen LogP) is -0.169. The maximum atomic E-state index is 11.0. The van der Waals surface area contributed by atoms with Crippen molar-refractivity contribution in [3.63, 3.8) is 0 Å². The SMILES string of the molecule is O=C1COC2=CCCNC12. The lowest BCUT2D eigenvalue weighted by Gasteiger charge is -2.14. The van der Waals surface area contributed by atoms with Crippen LogP contribution in [0.2, 0.25) is 0 Å². The number of nitrogens with one attached hydrogen (secondary N) is 1. The van der Waals surface area contributed by atoms with Crippen molar-refractivity contribution in [1.82, 2.24) is 5.32 Å². The molecule has 2 aliphatic heterocycles. The van der Waals surface area contributed by atoms with E-state index in [1.54, 1.807) is 0 Å². The van der Waals surface area contributed by atoms with Gasteiger partial charge >= 0.3 is 0 Å². The van der Waals surface area contributed by atoms with Gasteiger partial charge in [-0.15, -0.1) is 0 Å². The van der Waals surface area contributed by atoms with E-state index >= 15 is 0 Å². The molecule has 54 valence electrons. The Morgan fingerprint density at radius 3 is 3.40 bits per heavy atom. The highest BCUT2D eigenvalue weighted by atomic mass is 16.5. The number of ether oxygens (including phenoxy) is 1. The Labute approximate surface area is 59.1 Å². The van der Waals surface area contributed by atoms with Crippen LogP contribution >= 0.6 is 0 Å². The number of carbonyl (C=O) groups excluding carboxylic acids is 1. The van der Waals surface area contributed by atoms with E-state index in [2.05, 4.69) is 5.32 Å². The van der Waals surface area contributed by atoms with Gasteiger partial charge in [-0.1, -0.05) is 0 Å². The summed E-state index contributed by atoms with van der Waals surface area (Å²) in [5, 5.41) is 3.09. The highest BCUT2D eigenvalue weighted by molar-refractivity contribution is 5.90. The molecule has 10 heavy (non-hydrogen) atoms. The second-order valence-corrected chi connectivity index (χ2v) is 2.54. The molecule has 1 atom stereocenters. The van der Waals surface area contributed by atoms with Gasteiger partial charge in [0.1, 0.15) is 18.4 Å². The topological polar surface area (TPSA) is 38.3 Å². The van der Waals surface area contributed by atoms with Gasteiger partial charge in [-0.05, 0) is 19.0 Å². The lowest BCUT2D eigenvalue weighted by atomic mass is 10.1. The normalized spacial score (nSPS) is 31.0. The fraction of sp³-hybridized carbons (Fsp3) is 0.571. The summed E-state index contributed by atoms with van der Waals surface area (Å²) >= 11 is 0. The van der Waals surface area contributed by atoms with Crippen molar-refractivity contribution in [3.05, 3.63) is 11.8 Å². The molecule has 0 bridgehead atoms. The van der Waals surface area contributed by atoms with Gasteiger partial charge in [0, 0.05) is 0 Å². The molecule has 1 unspecified atom stereocenters. The van der Waals surface area contributed by atoms with Crippen LogP contribution in [0.25, 0.3) is 0 Å². The zero-order valence-electron chi connectivity index (χ0n) is 5.59. The van der Waals surface area contributed by atoms with E-state index in [-0.39, 0.29) is 18.4 Å². The first kappa shape index (κ1) is 5.92. The zero-order valence-corrected chi connectivity index (χ0v) is 5.59. The Kier molecular flexibility index (Phi) is 1.24. The van der Waals surface area contributed by atoms with E-state index in [9.17, 15) is 4.79 Å². The molecule has 0 aromatic carbocycles. The first-order valence-electron chi connectivity index (χ1n) is 3.47. The molecule has 2 aliphatic rings. The van der Waals surface area contributed by atoms with Gasteiger partial charge in [0.05, 0.1) is 0 Å². The fourth-order valence-electron chi connectivity index (χ4n) is 1.31. The van der Waals surface area contributed by atoms with Crippen molar-refractivity contribution >= 4 is 5.78 Å². The van der Waals surface area contributed by atoms with Crippen molar-refractivity contribution in [2.45, 2.75) is 12.5 Å². The largest absolute Gasteiger partial charge is 0.488 e. The lowest BCUT2D eigenvalue weighted by molar-refractivity contribution is -0.119. The third-order valence-electron chi connectivity index (χ3n) is 1.83. The van der Waals surface area contributed by atoms with Crippen LogP contribution in [0.15, 0.2) is 11.8 Å². The number of rotatable bonds is 0. The summed E-state index contributed by atoms with van der Waals surface area (Å²) in [5.41, 5.74) is 0. The molecule has 1 N–H and O–H groups in total. The maximum Gasteiger partial charge on any atom is 0.194 e. The number of hydrogen-bond acceptors (Lipinski definition) is 3. The first-order chi connectivity index (χ1) is 4.88. The number of hydrogen-bond donors (Lipinski definition) is 1. The third kappa shape index (κ3) is 0.743. The van der Waals surface area contributed by atoms with Gasteiger partial charge in [-0.25, -0.2) is 0 Å². The van der Waals surface area contributed by atoms with E-state index in [4.69, 9.17) is 4.74 Å². The highest BCUT2D eigenvalue weighted by Gasteiger charge is 2.32. The van der Waals surface area contributed by atoms with Crippen LogP contribution in [0.3, 0.4) is 0 Å². The number of ketones is 1. The van der Waals surface area contributed by atoms with E-state index in [1.165, 1.54) is 0 Å². The van der Waals surface area contributed by atoms with Crippen molar-refractivity contribution in [2.24, 2.45) is 0 Å². The Balaban J connectivity index is 2.25. The van der Waals surface area contributed by atoms with Crippen LogP contribution in [0, 0.1) is 0 Å². The van der Waals surface area contributed by atoms with Gasteiger partial charge in [-0.3, -0.25) is 4.79 Å². The summed E-state index contributed by atoms with van der Waals surface area (Å²) in [6, 6.07) is -0.117. The minimum atomic E-state index is -0.117. The van der Waals surface area contributed by atoms with Crippen LogP contribution in [0.1, 0.15) is 6.42 Å². The summed E-state index contributed by atoms with van der Waals surface area (Å²) < 4.78 is 5.12. The molecule has 0 aromatic heterocycles. The molecule has 0 spiro atoms. The molecule has 1 fully saturated rings. The summed E-state index contributed by atoms with van der Waals surface area (Å²) in [4.78, 5) is 11.0. The standard InChI is InChI=1S/C7H9NO2/c9-5-4-10-6-2-1-3-8-7(5)6/h2,7-8H,1,3-4H2. The van der Waals surface area contributed by atoms with E-state index in [0.717, 1.165) is 18.7 Å². The molecule has 0 radical (unpaired) electrons. The maximum absolute atomic E-state index is 11.0. The molecule has 1 saturated heterocycles.